The minimum absolute atomic E-state index is 0.120. The molecule has 0 aliphatic carbocycles. The second kappa shape index (κ2) is 5.95. The maximum absolute atomic E-state index is 13.5. The largest absolute Gasteiger partial charge is 0.326 e. The lowest BCUT2D eigenvalue weighted by molar-refractivity contribution is 0.574. The summed E-state index contributed by atoms with van der Waals surface area (Å²) in [7, 11) is -7.67. The molecular weight excluding hydrogens is 295 g/mol. The predicted molar refractivity (Wildman–Crippen MR) is 69.8 cm³/mol. The Morgan fingerprint density at radius 2 is 1.89 bits per heavy atom. The molecule has 0 saturated carbocycles. The van der Waals surface area contributed by atoms with E-state index in [9.17, 15) is 21.2 Å². The molecule has 1 aromatic rings. The van der Waals surface area contributed by atoms with Gasteiger partial charge in [0.05, 0.1) is 0 Å². The standard InChI is InChI=1S/C10H15FN2O4S2/c1-18(14,15)7-19(16,17)13-6-9-3-2-8(5-12)4-10(9)11/h2-4,13H,5-7,12H2,1H3. The summed E-state index contributed by atoms with van der Waals surface area (Å²) in [5.41, 5.74) is 6.04. The molecule has 0 unspecified atom stereocenters. The summed E-state index contributed by atoms with van der Waals surface area (Å²) >= 11 is 0. The summed E-state index contributed by atoms with van der Waals surface area (Å²) in [4.78, 5) is 0. The average Bonchev–Trinajstić information content (AvgIpc) is 2.24. The topological polar surface area (TPSA) is 106 Å². The molecule has 6 nitrogen and oxygen atoms in total. The summed E-state index contributed by atoms with van der Waals surface area (Å²) in [6, 6.07) is 4.18. The number of hydrogen-bond acceptors (Lipinski definition) is 5. The first-order valence-electron chi connectivity index (χ1n) is 5.25. The molecule has 0 aliphatic rings. The SMILES string of the molecule is CS(=O)(=O)CS(=O)(=O)NCc1ccc(CN)cc1F. The molecule has 1 rings (SSSR count). The van der Waals surface area contributed by atoms with Crippen LogP contribution in [-0.2, 0) is 33.0 Å². The van der Waals surface area contributed by atoms with Crippen molar-refractivity contribution in [2.45, 2.75) is 13.1 Å². The van der Waals surface area contributed by atoms with Gasteiger partial charge in [0.2, 0.25) is 10.0 Å². The molecule has 0 amide bonds. The molecule has 0 radical (unpaired) electrons. The molecule has 0 aliphatic heterocycles. The van der Waals surface area contributed by atoms with Gasteiger partial charge in [0.1, 0.15) is 5.82 Å². The van der Waals surface area contributed by atoms with Gasteiger partial charge in [-0.15, -0.1) is 0 Å². The molecule has 0 spiro atoms. The van der Waals surface area contributed by atoms with Gasteiger partial charge < -0.3 is 5.73 Å². The van der Waals surface area contributed by atoms with Gasteiger partial charge in [-0.2, -0.15) is 0 Å². The molecule has 9 heteroatoms. The van der Waals surface area contributed by atoms with Crippen molar-refractivity contribution >= 4 is 19.9 Å². The van der Waals surface area contributed by atoms with Crippen molar-refractivity contribution in [3.8, 4) is 0 Å². The molecule has 108 valence electrons. The summed E-state index contributed by atoms with van der Waals surface area (Å²) in [6.45, 7) is -0.133. The van der Waals surface area contributed by atoms with Gasteiger partial charge >= 0.3 is 0 Å². The molecule has 0 saturated heterocycles. The van der Waals surface area contributed by atoms with Crippen LogP contribution in [0.4, 0.5) is 4.39 Å². The van der Waals surface area contributed by atoms with Crippen LogP contribution >= 0.6 is 0 Å². The van der Waals surface area contributed by atoms with Crippen LogP contribution < -0.4 is 10.5 Å². The molecule has 0 bridgehead atoms. The third kappa shape index (κ3) is 5.64. The van der Waals surface area contributed by atoms with Crippen LogP contribution in [0.2, 0.25) is 0 Å². The fourth-order valence-electron chi connectivity index (χ4n) is 1.37. The maximum Gasteiger partial charge on any atom is 0.226 e. The molecule has 19 heavy (non-hydrogen) atoms. The Kier molecular flexibility index (Phi) is 5.02. The molecule has 0 heterocycles. The van der Waals surface area contributed by atoms with Gasteiger partial charge in [0.15, 0.2) is 14.9 Å². The van der Waals surface area contributed by atoms with Crippen molar-refractivity contribution in [1.82, 2.24) is 4.72 Å². The summed E-state index contributed by atoms with van der Waals surface area (Å²) in [6.07, 6.45) is 0.808. The van der Waals surface area contributed by atoms with Gasteiger partial charge in [0.25, 0.3) is 0 Å². The first-order chi connectivity index (χ1) is 8.63. The Morgan fingerprint density at radius 3 is 2.37 bits per heavy atom. The van der Waals surface area contributed by atoms with Crippen LogP contribution in [0.25, 0.3) is 0 Å². The maximum atomic E-state index is 13.5. The van der Waals surface area contributed by atoms with Gasteiger partial charge in [-0.05, 0) is 11.6 Å². The third-order valence-electron chi connectivity index (χ3n) is 2.20. The zero-order valence-electron chi connectivity index (χ0n) is 10.3. The van der Waals surface area contributed by atoms with Gasteiger partial charge in [-0.3, -0.25) is 0 Å². The number of nitrogens with one attached hydrogen (secondary N) is 1. The molecule has 0 aromatic heterocycles. The van der Waals surface area contributed by atoms with E-state index in [0.717, 1.165) is 6.26 Å². The van der Waals surface area contributed by atoms with Crippen molar-refractivity contribution in [3.63, 3.8) is 0 Å². The van der Waals surface area contributed by atoms with E-state index in [1.807, 2.05) is 4.72 Å². The Labute approximate surface area is 111 Å². The van der Waals surface area contributed by atoms with Gasteiger partial charge in [-0.1, -0.05) is 12.1 Å². The van der Waals surface area contributed by atoms with E-state index >= 15 is 0 Å². The second-order valence-electron chi connectivity index (χ2n) is 4.11. The number of halogens is 1. The van der Waals surface area contributed by atoms with E-state index in [4.69, 9.17) is 5.73 Å². The molecule has 3 N–H and O–H groups in total. The van der Waals surface area contributed by atoms with Crippen molar-refractivity contribution < 1.29 is 21.2 Å². The second-order valence-corrected chi connectivity index (χ2v) is 8.42. The number of sulfonamides is 1. The lowest BCUT2D eigenvalue weighted by Gasteiger charge is -2.07. The monoisotopic (exact) mass is 310 g/mol. The summed E-state index contributed by atoms with van der Waals surface area (Å²) in [5, 5.41) is -1.03. The average molecular weight is 310 g/mol. The number of hydrogen-bond donors (Lipinski definition) is 2. The number of benzene rings is 1. The van der Waals surface area contributed by atoms with Crippen molar-refractivity contribution in [1.29, 1.82) is 0 Å². The zero-order valence-corrected chi connectivity index (χ0v) is 11.9. The van der Waals surface area contributed by atoms with E-state index in [2.05, 4.69) is 0 Å². The van der Waals surface area contributed by atoms with E-state index < -0.39 is 30.8 Å². The third-order valence-corrected chi connectivity index (χ3v) is 5.74. The summed E-state index contributed by atoms with van der Waals surface area (Å²) < 4.78 is 60.2. The highest BCUT2D eigenvalue weighted by Crippen LogP contribution is 2.10. The van der Waals surface area contributed by atoms with Crippen molar-refractivity contribution in [2.24, 2.45) is 5.73 Å². The number of rotatable bonds is 6. The predicted octanol–water partition coefficient (Wildman–Crippen LogP) is -0.294. The highest BCUT2D eigenvalue weighted by Gasteiger charge is 2.18. The van der Waals surface area contributed by atoms with Crippen molar-refractivity contribution in [3.05, 3.63) is 35.1 Å². The van der Waals surface area contributed by atoms with Crippen LogP contribution in [0.5, 0.6) is 0 Å². The summed E-state index contributed by atoms with van der Waals surface area (Å²) in [5.74, 6) is -0.593. The first kappa shape index (κ1) is 16.0. The van der Waals surface area contributed by atoms with E-state index in [-0.39, 0.29) is 18.7 Å². The Hall–Kier alpha value is -1.03. The fourth-order valence-corrected chi connectivity index (χ4v) is 4.34. The van der Waals surface area contributed by atoms with Crippen molar-refractivity contribution in [2.75, 3.05) is 11.3 Å². The fraction of sp³-hybridized carbons (Fsp3) is 0.400. The van der Waals surface area contributed by atoms with Crippen LogP contribution in [0.15, 0.2) is 18.2 Å². The highest BCUT2D eigenvalue weighted by atomic mass is 32.3. The minimum Gasteiger partial charge on any atom is -0.326 e. The van der Waals surface area contributed by atoms with Gasteiger partial charge in [0, 0.05) is 24.9 Å². The normalized spacial score (nSPS) is 12.6. The first-order valence-corrected chi connectivity index (χ1v) is 8.97. The lowest BCUT2D eigenvalue weighted by atomic mass is 10.1. The van der Waals surface area contributed by atoms with Crippen LogP contribution in [0.3, 0.4) is 0 Å². The minimum atomic E-state index is -4.00. The Balaban J connectivity index is 2.77. The Bertz CT molecular complexity index is 656. The number of nitrogens with two attached hydrogens (primary N) is 1. The van der Waals surface area contributed by atoms with Crippen LogP contribution in [0.1, 0.15) is 11.1 Å². The molecule has 1 aromatic carbocycles. The van der Waals surface area contributed by atoms with Crippen LogP contribution in [0, 0.1) is 5.82 Å². The number of sulfone groups is 1. The highest BCUT2D eigenvalue weighted by molar-refractivity contribution is 8.06. The van der Waals surface area contributed by atoms with E-state index in [1.165, 1.54) is 12.1 Å². The van der Waals surface area contributed by atoms with Gasteiger partial charge in [-0.25, -0.2) is 25.9 Å². The van der Waals surface area contributed by atoms with Crippen LogP contribution in [-0.4, -0.2) is 28.2 Å². The Morgan fingerprint density at radius 1 is 1.26 bits per heavy atom. The van der Waals surface area contributed by atoms with E-state index in [1.54, 1.807) is 6.07 Å². The lowest BCUT2D eigenvalue weighted by Crippen LogP contribution is -2.29. The molecule has 0 fully saturated rings. The van der Waals surface area contributed by atoms with E-state index in [0.29, 0.717) is 5.56 Å². The smallest absolute Gasteiger partial charge is 0.226 e. The zero-order chi connectivity index (χ0) is 14.7. The molecular formula is C10H15FN2O4S2. The quantitative estimate of drug-likeness (QED) is 0.750. The molecule has 0 atom stereocenters.